The second-order valence-electron chi connectivity index (χ2n) is 5.54. The van der Waals surface area contributed by atoms with E-state index in [1.54, 1.807) is 6.92 Å². The molecule has 0 radical (unpaired) electrons. The first-order valence-corrected chi connectivity index (χ1v) is 6.63. The van der Waals surface area contributed by atoms with Gasteiger partial charge in [-0.15, -0.1) is 0 Å². The lowest BCUT2D eigenvalue weighted by Crippen LogP contribution is -2.37. The zero-order chi connectivity index (χ0) is 14.0. The molecular formula is C17H19NO. The third kappa shape index (κ3) is 2.21. The third-order valence-corrected chi connectivity index (χ3v) is 4.41. The van der Waals surface area contributed by atoms with Crippen LogP contribution in [0.4, 0.5) is 0 Å². The topological polar surface area (TPSA) is 40.9 Å². The van der Waals surface area contributed by atoms with Gasteiger partial charge in [-0.05, 0) is 39.2 Å². The second-order valence-corrected chi connectivity index (χ2v) is 5.54. The maximum atomic E-state index is 12.1. The molecule has 2 heteroatoms. The molecule has 0 bridgehead atoms. The predicted octanol–water partition coefficient (Wildman–Crippen LogP) is 4.00. The van der Waals surface area contributed by atoms with Crippen molar-refractivity contribution in [3.63, 3.8) is 0 Å². The van der Waals surface area contributed by atoms with Gasteiger partial charge in [0, 0.05) is 5.92 Å². The number of carbonyl (C=O) groups is 1. The summed E-state index contributed by atoms with van der Waals surface area (Å²) in [7, 11) is 0. The quantitative estimate of drug-likeness (QED) is 0.747. The minimum absolute atomic E-state index is 0.0179. The second kappa shape index (κ2) is 5.01. The Morgan fingerprint density at radius 2 is 1.89 bits per heavy atom. The minimum Gasteiger partial charge on any atom is -0.298 e. The number of allylic oxidation sites excluding steroid dienone is 2. The fourth-order valence-corrected chi connectivity index (χ4v) is 3.00. The van der Waals surface area contributed by atoms with Gasteiger partial charge in [0.15, 0.2) is 5.78 Å². The van der Waals surface area contributed by atoms with Crippen LogP contribution in [-0.2, 0) is 4.79 Å². The van der Waals surface area contributed by atoms with Crippen LogP contribution in [-0.4, -0.2) is 5.78 Å². The van der Waals surface area contributed by atoms with Crippen molar-refractivity contribution in [1.29, 1.82) is 5.26 Å². The number of nitrogens with zero attached hydrogens (tertiary/aromatic N) is 1. The van der Waals surface area contributed by atoms with Gasteiger partial charge < -0.3 is 0 Å². The number of hydrogen-bond donors (Lipinski definition) is 0. The summed E-state index contributed by atoms with van der Waals surface area (Å²) in [4.78, 5) is 12.1. The third-order valence-electron chi connectivity index (χ3n) is 4.41. The van der Waals surface area contributed by atoms with Crippen LogP contribution in [0.15, 0.2) is 41.5 Å². The molecule has 1 aromatic rings. The van der Waals surface area contributed by atoms with Crippen molar-refractivity contribution in [3.05, 3.63) is 47.0 Å². The molecule has 0 spiro atoms. The van der Waals surface area contributed by atoms with E-state index in [2.05, 4.69) is 13.0 Å². The molecule has 0 aromatic heterocycles. The zero-order valence-electron chi connectivity index (χ0n) is 11.7. The standard InChI is InChI=1S/C17H19NO/c1-12-9-16(15-7-5-4-6-8-15)17(11-18,14(3)19)10-13(12)2/h4-8,16H,9-10H2,1-3H3/t16-,17+/m1/s1. The maximum Gasteiger partial charge on any atom is 0.150 e. The summed E-state index contributed by atoms with van der Waals surface area (Å²) < 4.78 is 0. The SMILES string of the molecule is CC(=O)[C@@]1(C#N)CC(C)=C(C)C[C@@H]1c1ccccc1. The van der Waals surface area contributed by atoms with Crippen LogP contribution in [0.25, 0.3) is 0 Å². The van der Waals surface area contributed by atoms with Crippen molar-refractivity contribution in [2.24, 2.45) is 5.41 Å². The molecule has 0 saturated heterocycles. The largest absolute Gasteiger partial charge is 0.298 e. The minimum atomic E-state index is -0.898. The average molecular weight is 253 g/mol. The number of ketones is 1. The summed E-state index contributed by atoms with van der Waals surface area (Å²) >= 11 is 0. The summed E-state index contributed by atoms with van der Waals surface area (Å²) in [6.07, 6.45) is 1.35. The van der Waals surface area contributed by atoms with E-state index in [1.807, 2.05) is 37.3 Å². The van der Waals surface area contributed by atoms with Gasteiger partial charge in [0.1, 0.15) is 5.41 Å². The number of rotatable bonds is 2. The molecule has 2 atom stereocenters. The summed E-state index contributed by atoms with van der Waals surface area (Å²) in [5.41, 5.74) is 2.68. The monoisotopic (exact) mass is 253 g/mol. The van der Waals surface area contributed by atoms with E-state index in [0.717, 1.165) is 12.0 Å². The number of nitriles is 1. The van der Waals surface area contributed by atoms with Crippen LogP contribution in [0.2, 0.25) is 0 Å². The van der Waals surface area contributed by atoms with Crippen molar-refractivity contribution >= 4 is 5.78 Å². The average Bonchev–Trinajstić information content (AvgIpc) is 2.42. The number of benzene rings is 1. The van der Waals surface area contributed by atoms with E-state index in [1.165, 1.54) is 11.1 Å². The van der Waals surface area contributed by atoms with E-state index < -0.39 is 5.41 Å². The molecule has 1 aromatic carbocycles. The Kier molecular flexibility index (Phi) is 3.57. The first-order chi connectivity index (χ1) is 9.01. The highest BCUT2D eigenvalue weighted by molar-refractivity contribution is 5.87. The van der Waals surface area contributed by atoms with Gasteiger partial charge in [0.2, 0.25) is 0 Å². The summed E-state index contributed by atoms with van der Waals surface area (Å²) in [5.74, 6) is -0.0457. The van der Waals surface area contributed by atoms with Crippen LogP contribution in [0.3, 0.4) is 0 Å². The lowest BCUT2D eigenvalue weighted by atomic mass is 9.61. The van der Waals surface area contributed by atoms with E-state index >= 15 is 0 Å². The van der Waals surface area contributed by atoms with Gasteiger partial charge >= 0.3 is 0 Å². The normalized spacial score (nSPS) is 26.9. The smallest absolute Gasteiger partial charge is 0.150 e. The molecule has 0 unspecified atom stereocenters. The van der Waals surface area contributed by atoms with Crippen molar-refractivity contribution in [1.82, 2.24) is 0 Å². The molecule has 2 rings (SSSR count). The Morgan fingerprint density at radius 3 is 2.42 bits per heavy atom. The van der Waals surface area contributed by atoms with Crippen molar-refractivity contribution in [2.45, 2.75) is 39.5 Å². The van der Waals surface area contributed by atoms with Gasteiger partial charge in [0.05, 0.1) is 6.07 Å². The summed E-state index contributed by atoms with van der Waals surface area (Å²) in [6.45, 7) is 5.69. The van der Waals surface area contributed by atoms with Crippen molar-refractivity contribution in [3.8, 4) is 6.07 Å². The molecule has 0 fully saturated rings. The lowest BCUT2D eigenvalue weighted by molar-refractivity contribution is -0.125. The van der Waals surface area contributed by atoms with Gasteiger partial charge in [-0.3, -0.25) is 4.79 Å². The van der Waals surface area contributed by atoms with Crippen LogP contribution in [0, 0.1) is 16.7 Å². The van der Waals surface area contributed by atoms with E-state index in [9.17, 15) is 10.1 Å². The highest BCUT2D eigenvalue weighted by Gasteiger charge is 2.47. The van der Waals surface area contributed by atoms with Crippen LogP contribution in [0.5, 0.6) is 0 Å². The predicted molar refractivity (Wildman–Crippen MR) is 75.5 cm³/mol. The van der Waals surface area contributed by atoms with Gasteiger partial charge in [-0.25, -0.2) is 0 Å². The van der Waals surface area contributed by atoms with Crippen LogP contribution >= 0.6 is 0 Å². The molecule has 0 heterocycles. The Hall–Kier alpha value is -1.88. The van der Waals surface area contributed by atoms with Crippen LogP contribution < -0.4 is 0 Å². The van der Waals surface area contributed by atoms with E-state index in [-0.39, 0.29) is 11.7 Å². The maximum absolute atomic E-state index is 12.1. The molecule has 0 saturated carbocycles. The van der Waals surface area contributed by atoms with Gasteiger partial charge in [-0.1, -0.05) is 41.5 Å². The molecule has 1 aliphatic rings. The van der Waals surface area contributed by atoms with Gasteiger partial charge in [0.25, 0.3) is 0 Å². The fraction of sp³-hybridized carbons (Fsp3) is 0.412. The summed E-state index contributed by atoms with van der Waals surface area (Å²) in [6, 6.07) is 12.3. The molecule has 2 nitrogen and oxygen atoms in total. The molecule has 98 valence electrons. The Morgan fingerprint density at radius 1 is 1.26 bits per heavy atom. The molecule has 19 heavy (non-hydrogen) atoms. The van der Waals surface area contributed by atoms with Crippen LogP contribution in [0.1, 0.15) is 45.1 Å². The molecule has 1 aliphatic carbocycles. The first kappa shape index (κ1) is 13.5. The number of Topliss-reactive ketones (excluding diaryl/α,β-unsaturated/α-hetero) is 1. The highest BCUT2D eigenvalue weighted by Crippen LogP contribution is 2.49. The summed E-state index contributed by atoms with van der Waals surface area (Å²) in [5, 5.41) is 9.65. The Balaban J connectivity index is 2.56. The molecule has 0 aliphatic heterocycles. The van der Waals surface area contributed by atoms with E-state index in [0.29, 0.717) is 6.42 Å². The van der Waals surface area contributed by atoms with E-state index in [4.69, 9.17) is 0 Å². The lowest BCUT2D eigenvalue weighted by Gasteiger charge is -2.38. The molecule has 0 N–H and O–H groups in total. The zero-order valence-corrected chi connectivity index (χ0v) is 11.7. The Labute approximate surface area is 114 Å². The number of hydrogen-bond acceptors (Lipinski definition) is 2. The highest BCUT2D eigenvalue weighted by atomic mass is 16.1. The molecular weight excluding hydrogens is 234 g/mol. The van der Waals surface area contributed by atoms with Crippen molar-refractivity contribution < 1.29 is 4.79 Å². The first-order valence-electron chi connectivity index (χ1n) is 6.63. The molecule has 0 amide bonds. The Bertz CT molecular complexity index is 565. The van der Waals surface area contributed by atoms with Gasteiger partial charge in [-0.2, -0.15) is 5.26 Å². The van der Waals surface area contributed by atoms with Crippen molar-refractivity contribution in [2.75, 3.05) is 0 Å². The fourth-order valence-electron chi connectivity index (χ4n) is 3.00. The number of carbonyl (C=O) groups excluding carboxylic acids is 1.